The van der Waals surface area contributed by atoms with Gasteiger partial charge >= 0.3 is 0 Å². The second kappa shape index (κ2) is 5.22. The van der Waals surface area contributed by atoms with Crippen molar-refractivity contribution in [2.75, 3.05) is 18.6 Å². The molecule has 0 saturated heterocycles. The molecule has 0 aromatic carbocycles. The molecule has 7 heteroatoms. The molecule has 5 nitrogen and oxygen atoms in total. The van der Waals surface area contributed by atoms with Crippen molar-refractivity contribution in [2.45, 2.75) is 17.4 Å². The molecule has 0 fully saturated rings. The molecule has 1 unspecified atom stereocenters. The minimum absolute atomic E-state index is 0.00134. The monoisotopic (exact) mass is 264 g/mol. The van der Waals surface area contributed by atoms with Crippen LogP contribution in [0, 0.1) is 0 Å². The van der Waals surface area contributed by atoms with Crippen LogP contribution in [0.5, 0.6) is 0 Å². The molecule has 16 heavy (non-hydrogen) atoms. The summed E-state index contributed by atoms with van der Waals surface area (Å²) in [6, 6.07) is 1.46. The van der Waals surface area contributed by atoms with Crippen LogP contribution in [0.3, 0.4) is 0 Å². The number of aromatic nitrogens is 1. The Hall–Kier alpha value is -0.500. The predicted octanol–water partition coefficient (Wildman–Crippen LogP) is 0.407. The van der Waals surface area contributed by atoms with Crippen LogP contribution in [-0.4, -0.2) is 42.7 Å². The summed E-state index contributed by atoms with van der Waals surface area (Å²) >= 11 is 1.47. The highest BCUT2D eigenvalue weighted by Gasteiger charge is 2.23. The Morgan fingerprint density at radius 3 is 2.81 bits per heavy atom. The number of nitrogens with one attached hydrogen (secondary N) is 2. The van der Waals surface area contributed by atoms with Gasteiger partial charge in [0.05, 0.1) is 10.5 Å². The summed E-state index contributed by atoms with van der Waals surface area (Å²) in [7, 11) is -3.52. The van der Waals surface area contributed by atoms with Gasteiger partial charge in [0.25, 0.3) is 0 Å². The van der Waals surface area contributed by atoms with Crippen LogP contribution < -0.4 is 4.72 Å². The first-order valence-electron chi connectivity index (χ1n) is 4.71. The van der Waals surface area contributed by atoms with Gasteiger partial charge in [-0.15, -0.1) is 0 Å². The van der Waals surface area contributed by atoms with E-state index in [4.69, 9.17) is 0 Å². The van der Waals surface area contributed by atoms with Crippen LogP contribution in [0.25, 0.3) is 0 Å². The molecular formula is C9H16N2O3S2. The van der Waals surface area contributed by atoms with E-state index in [9.17, 15) is 13.5 Å². The molecule has 0 bridgehead atoms. The number of aromatic amines is 1. The van der Waals surface area contributed by atoms with Crippen molar-refractivity contribution in [3.05, 3.63) is 18.5 Å². The van der Waals surface area contributed by atoms with Crippen LogP contribution in [-0.2, 0) is 10.0 Å². The predicted molar refractivity (Wildman–Crippen MR) is 65.0 cm³/mol. The van der Waals surface area contributed by atoms with Crippen LogP contribution in [0.15, 0.2) is 23.4 Å². The average molecular weight is 264 g/mol. The van der Waals surface area contributed by atoms with E-state index < -0.39 is 15.6 Å². The highest BCUT2D eigenvalue weighted by Crippen LogP contribution is 2.12. The van der Waals surface area contributed by atoms with Gasteiger partial charge in [-0.3, -0.25) is 0 Å². The highest BCUT2D eigenvalue weighted by molar-refractivity contribution is 7.98. The van der Waals surface area contributed by atoms with E-state index in [-0.39, 0.29) is 11.4 Å². The second-order valence-corrected chi connectivity index (χ2v) is 6.43. The summed E-state index contributed by atoms with van der Waals surface area (Å²) in [5.41, 5.74) is -1.04. The Morgan fingerprint density at radius 1 is 1.62 bits per heavy atom. The van der Waals surface area contributed by atoms with Crippen molar-refractivity contribution in [3.63, 3.8) is 0 Å². The maximum absolute atomic E-state index is 11.7. The fourth-order valence-electron chi connectivity index (χ4n) is 1.17. The quantitative estimate of drug-likeness (QED) is 0.695. The van der Waals surface area contributed by atoms with Gasteiger partial charge in [-0.05, 0) is 19.2 Å². The zero-order chi connectivity index (χ0) is 12.2. The molecule has 92 valence electrons. The largest absolute Gasteiger partial charge is 0.388 e. The molecule has 1 aromatic rings. The number of hydrogen-bond donors (Lipinski definition) is 3. The molecule has 3 N–H and O–H groups in total. The van der Waals surface area contributed by atoms with Crippen molar-refractivity contribution in [3.8, 4) is 0 Å². The summed E-state index contributed by atoms with van der Waals surface area (Å²) < 4.78 is 25.8. The van der Waals surface area contributed by atoms with Gasteiger partial charge in [0.1, 0.15) is 0 Å². The van der Waals surface area contributed by atoms with Gasteiger partial charge < -0.3 is 10.1 Å². The summed E-state index contributed by atoms with van der Waals surface area (Å²) in [6.45, 7) is 1.60. The van der Waals surface area contributed by atoms with Crippen LogP contribution in [0.1, 0.15) is 6.92 Å². The lowest BCUT2D eigenvalue weighted by atomic mass is 10.1. The van der Waals surface area contributed by atoms with Crippen molar-refractivity contribution in [1.29, 1.82) is 0 Å². The maximum atomic E-state index is 11.7. The first-order chi connectivity index (χ1) is 7.37. The lowest BCUT2D eigenvalue weighted by molar-refractivity contribution is 0.0908. The highest BCUT2D eigenvalue weighted by atomic mass is 32.2. The van der Waals surface area contributed by atoms with Gasteiger partial charge in [-0.1, -0.05) is 0 Å². The van der Waals surface area contributed by atoms with Gasteiger partial charge in [0.2, 0.25) is 10.0 Å². The Kier molecular flexibility index (Phi) is 4.43. The fourth-order valence-corrected chi connectivity index (χ4v) is 3.03. The maximum Gasteiger partial charge on any atom is 0.242 e. The summed E-state index contributed by atoms with van der Waals surface area (Å²) in [4.78, 5) is 2.85. The molecule has 1 heterocycles. The zero-order valence-corrected chi connectivity index (χ0v) is 10.9. The van der Waals surface area contributed by atoms with E-state index >= 15 is 0 Å². The Bertz CT molecular complexity index is 412. The number of rotatable bonds is 6. The minimum atomic E-state index is -3.52. The molecular weight excluding hydrogens is 248 g/mol. The van der Waals surface area contributed by atoms with E-state index in [0.29, 0.717) is 5.75 Å². The summed E-state index contributed by atoms with van der Waals surface area (Å²) in [5.74, 6) is 0.475. The van der Waals surface area contributed by atoms with E-state index in [1.54, 1.807) is 6.92 Å². The molecule has 1 aromatic heterocycles. The molecule has 1 rings (SSSR count). The Labute approximate surface area is 99.7 Å². The Morgan fingerprint density at radius 2 is 2.31 bits per heavy atom. The van der Waals surface area contributed by atoms with Gasteiger partial charge in [-0.2, -0.15) is 11.8 Å². The standard InChI is InChI=1S/C9H16N2O3S2/c1-9(12,7-15-2)6-11-16(13,14)8-3-4-10-5-8/h3-5,10-12H,6-7H2,1-2H3. The lowest BCUT2D eigenvalue weighted by Gasteiger charge is -2.22. The minimum Gasteiger partial charge on any atom is -0.388 e. The smallest absolute Gasteiger partial charge is 0.242 e. The van der Waals surface area contributed by atoms with Crippen molar-refractivity contribution in [1.82, 2.24) is 9.71 Å². The SMILES string of the molecule is CSCC(C)(O)CNS(=O)(=O)c1cc[nH]c1. The van der Waals surface area contributed by atoms with E-state index in [0.717, 1.165) is 0 Å². The average Bonchev–Trinajstić information content (AvgIpc) is 2.68. The fraction of sp³-hybridized carbons (Fsp3) is 0.556. The van der Waals surface area contributed by atoms with Gasteiger partial charge in [0.15, 0.2) is 0 Å². The number of sulfonamides is 1. The van der Waals surface area contributed by atoms with Gasteiger partial charge in [0, 0.05) is 24.7 Å². The molecule has 0 aliphatic rings. The lowest BCUT2D eigenvalue weighted by Crippen LogP contribution is -2.42. The third kappa shape index (κ3) is 3.82. The number of aliphatic hydroxyl groups is 1. The summed E-state index contributed by atoms with van der Waals surface area (Å²) in [5, 5.41) is 9.82. The van der Waals surface area contributed by atoms with Crippen molar-refractivity contribution >= 4 is 21.8 Å². The molecule has 0 radical (unpaired) electrons. The molecule has 0 saturated carbocycles. The third-order valence-electron chi connectivity index (χ3n) is 1.98. The van der Waals surface area contributed by atoms with E-state index in [1.807, 2.05) is 6.26 Å². The van der Waals surface area contributed by atoms with Crippen LogP contribution in [0.4, 0.5) is 0 Å². The van der Waals surface area contributed by atoms with E-state index in [1.165, 1.54) is 30.2 Å². The van der Waals surface area contributed by atoms with Crippen LogP contribution in [0.2, 0.25) is 0 Å². The molecule has 0 aliphatic heterocycles. The van der Waals surface area contributed by atoms with Crippen LogP contribution >= 0.6 is 11.8 Å². The van der Waals surface area contributed by atoms with E-state index in [2.05, 4.69) is 9.71 Å². The molecule has 1 atom stereocenters. The first-order valence-corrected chi connectivity index (χ1v) is 7.59. The number of thioether (sulfide) groups is 1. The van der Waals surface area contributed by atoms with Crippen molar-refractivity contribution < 1.29 is 13.5 Å². The normalized spacial score (nSPS) is 15.9. The number of H-pyrrole nitrogens is 1. The molecule has 0 spiro atoms. The van der Waals surface area contributed by atoms with Crippen molar-refractivity contribution in [2.24, 2.45) is 0 Å². The third-order valence-corrected chi connectivity index (χ3v) is 4.29. The summed E-state index contributed by atoms with van der Waals surface area (Å²) in [6.07, 6.45) is 4.79. The molecule has 0 amide bonds. The zero-order valence-electron chi connectivity index (χ0n) is 9.23. The molecule has 0 aliphatic carbocycles. The van der Waals surface area contributed by atoms with Gasteiger partial charge in [-0.25, -0.2) is 13.1 Å². The first kappa shape index (κ1) is 13.6. The number of hydrogen-bond acceptors (Lipinski definition) is 4. The Balaban J connectivity index is 2.62. The second-order valence-electron chi connectivity index (χ2n) is 3.80. The topological polar surface area (TPSA) is 82.2 Å².